The molecule has 80 valence electrons. The highest BCUT2D eigenvalue weighted by molar-refractivity contribution is 4.72. The van der Waals surface area contributed by atoms with Crippen LogP contribution in [0.15, 0.2) is 0 Å². The van der Waals surface area contributed by atoms with Crippen molar-refractivity contribution in [2.24, 2.45) is 11.8 Å². The van der Waals surface area contributed by atoms with E-state index < -0.39 is 0 Å². The molecule has 0 saturated carbocycles. The third-order valence-corrected chi connectivity index (χ3v) is 2.58. The highest BCUT2D eigenvalue weighted by Gasteiger charge is 2.17. The molecule has 3 N–H and O–H groups in total. The van der Waals surface area contributed by atoms with Gasteiger partial charge >= 0.3 is 0 Å². The van der Waals surface area contributed by atoms with Crippen LogP contribution in [0.3, 0.4) is 0 Å². The summed E-state index contributed by atoms with van der Waals surface area (Å²) in [6, 6.07) is 0.307. The van der Waals surface area contributed by atoms with E-state index in [2.05, 4.69) is 19.3 Å². The number of unbranched alkanes of at least 4 members (excludes halogenated alkanes) is 1. The minimum Gasteiger partial charge on any atom is -0.383 e. The summed E-state index contributed by atoms with van der Waals surface area (Å²) in [5.41, 5.74) is 2.84. The van der Waals surface area contributed by atoms with Crippen molar-refractivity contribution in [3.63, 3.8) is 0 Å². The van der Waals surface area contributed by atoms with Crippen molar-refractivity contribution in [2.75, 3.05) is 13.7 Å². The van der Waals surface area contributed by atoms with Gasteiger partial charge in [0.25, 0.3) is 0 Å². The molecule has 0 amide bonds. The van der Waals surface area contributed by atoms with Crippen molar-refractivity contribution in [3.8, 4) is 0 Å². The van der Waals surface area contributed by atoms with Crippen molar-refractivity contribution in [3.05, 3.63) is 0 Å². The van der Waals surface area contributed by atoms with Gasteiger partial charge in [0.1, 0.15) is 0 Å². The predicted molar refractivity (Wildman–Crippen MR) is 56.3 cm³/mol. The molecule has 0 aliphatic rings. The molecule has 2 unspecified atom stereocenters. The summed E-state index contributed by atoms with van der Waals surface area (Å²) < 4.78 is 5.12. The number of nitrogens with two attached hydrogens (primary N) is 1. The average Bonchev–Trinajstić information content (AvgIpc) is 2.17. The van der Waals surface area contributed by atoms with Crippen molar-refractivity contribution in [2.45, 2.75) is 45.6 Å². The average molecular weight is 188 g/mol. The van der Waals surface area contributed by atoms with E-state index in [1.54, 1.807) is 7.11 Å². The van der Waals surface area contributed by atoms with Gasteiger partial charge in [-0.15, -0.1) is 0 Å². The van der Waals surface area contributed by atoms with Crippen LogP contribution in [0.5, 0.6) is 0 Å². The van der Waals surface area contributed by atoms with Gasteiger partial charge in [-0.3, -0.25) is 11.3 Å². The van der Waals surface area contributed by atoms with E-state index in [4.69, 9.17) is 10.6 Å². The third-order valence-electron chi connectivity index (χ3n) is 2.58. The molecule has 0 fully saturated rings. The molecule has 3 nitrogen and oxygen atoms in total. The number of hydrogen-bond acceptors (Lipinski definition) is 3. The summed E-state index contributed by atoms with van der Waals surface area (Å²) >= 11 is 0. The number of hydrogen-bond donors (Lipinski definition) is 2. The van der Waals surface area contributed by atoms with Crippen LogP contribution in [0.4, 0.5) is 0 Å². The fraction of sp³-hybridized carbons (Fsp3) is 1.00. The second-order valence-electron chi connectivity index (χ2n) is 3.54. The Morgan fingerprint density at radius 3 is 2.46 bits per heavy atom. The Morgan fingerprint density at radius 1 is 1.38 bits per heavy atom. The summed E-state index contributed by atoms with van der Waals surface area (Å²) in [4.78, 5) is 0. The largest absolute Gasteiger partial charge is 0.383 e. The van der Waals surface area contributed by atoms with E-state index in [-0.39, 0.29) is 0 Å². The number of nitrogens with one attached hydrogen (secondary N) is 1. The topological polar surface area (TPSA) is 47.3 Å². The molecule has 2 atom stereocenters. The monoisotopic (exact) mass is 188 g/mol. The van der Waals surface area contributed by atoms with Gasteiger partial charge in [0, 0.05) is 13.2 Å². The van der Waals surface area contributed by atoms with Crippen LogP contribution in [-0.2, 0) is 4.74 Å². The minimum atomic E-state index is 0.307. The lowest BCUT2D eigenvalue weighted by Crippen LogP contribution is -2.43. The molecule has 0 saturated heterocycles. The van der Waals surface area contributed by atoms with Crippen LogP contribution in [-0.4, -0.2) is 19.8 Å². The highest BCUT2D eigenvalue weighted by Crippen LogP contribution is 2.16. The quantitative estimate of drug-likeness (QED) is 0.450. The second-order valence-corrected chi connectivity index (χ2v) is 3.54. The van der Waals surface area contributed by atoms with E-state index in [9.17, 15) is 0 Å². The maximum Gasteiger partial charge on any atom is 0.0632 e. The van der Waals surface area contributed by atoms with Crippen LogP contribution in [0.1, 0.15) is 39.5 Å². The zero-order valence-electron chi connectivity index (χ0n) is 9.18. The lowest BCUT2D eigenvalue weighted by molar-refractivity contribution is 0.134. The normalized spacial score (nSPS) is 15.7. The Balaban J connectivity index is 3.84. The van der Waals surface area contributed by atoms with E-state index >= 15 is 0 Å². The summed E-state index contributed by atoms with van der Waals surface area (Å²) in [6.45, 7) is 5.13. The molecule has 0 bridgehead atoms. The highest BCUT2D eigenvalue weighted by atomic mass is 16.5. The van der Waals surface area contributed by atoms with Gasteiger partial charge in [-0.25, -0.2) is 0 Å². The molecule has 0 aliphatic heterocycles. The Bertz CT molecular complexity index is 109. The van der Waals surface area contributed by atoms with Crippen molar-refractivity contribution in [1.29, 1.82) is 0 Å². The molecule has 0 heterocycles. The maximum absolute atomic E-state index is 5.48. The number of hydrazine groups is 1. The number of rotatable bonds is 8. The van der Waals surface area contributed by atoms with Crippen LogP contribution in [0.25, 0.3) is 0 Å². The first-order valence-electron chi connectivity index (χ1n) is 5.25. The molecule has 0 aromatic carbocycles. The summed E-state index contributed by atoms with van der Waals surface area (Å²) in [5, 5.41) is 0. The van der Waals surface area contributed by atoms with Gasteiger partial charge in [-0.1, -0.05) is 33.1 Å². The molecular formula is C10H24N2O. The molecule has 0 rings (SSSR count). The van der Waals surface area contributed by atoms with Gasteiger partial charge in [-0.2, -0.15) is 0 Å². The zero-order chi connectivity index (χ0) is 10.1. The third kappa shape index (κ3) is 5.24. The summed E-state index contributed by atoms with van der Waals surface area (Å²) in [6.07, 6.45) is 4.94. The Morgan fingerprint density at radius 2 is 2.08 bits per heavy atom. The fourth-order valence-corrected chi connectivity index (χ4v) is 1.66. The van der Waals surface area contributed by atoms with Crippen molar-refractivity contribution >= 4 is 0 Å². The maximum atomic E-state index is 5.48. The van der Waals surface area contributed by atoms with Crippen molar-refractivity contribution in [1.82, 2.24) is 5.43 Å². The zero-order valence-corrected chi connectivity index (χ0v) is 9.18. The predicted octanol–water partition coefficient (Wildman–Crippen LogP) is 1.68. The van der Waals surface area contributed by atoms with Gasteiger partial charge in [0.05, 0.1) is 6.61 Å². The first-order chi connectivity index (χ1) is 6.29. The summed E-state index contributed by atoms with van der Waals surface area (Å²) in [5.74, 6) is 6.12. The van der Waals surface area contributed by atoms with Crippen molar-refractivity contribution < 1.29 is 4.74 Å². The van der Waals surface area contributed by atoms with Crippen LogP contribution in [0, 0.1) is 5.92 Å². The molecule has 0 aliphatic carbocycles. The molecule has 0 aromatic rings. The SMILES string of the molecule is CCCCC(CC)C(COC)NN. The molecule has 0 aromatic heterocycles. The standard InChI is InChI=1S/C10H24N2O/c1-4-6-7-9(5-2)10(12-11)8-13-3/h9-10,12H,4-8,11H2,1-3H3. The molecular weight excluding hydrogens is 164 g/mol. The molecule has 13 heavy (non-hydrogen) atoms. The van der Waals surface area contributed by atoms with Gasteiger partial charge in [0.15, 0.2) is 0 Å². The lowest BCUT2D eigenvalue weighted by Gasteiger charge is -2.24. The molecule has 3 heteroatoms. The Hall–Kier alpha value is -0.120. The van der Waals surface area contributed by atoms with E-state index in [0.717, 1.165) is 6.42 Å². The van der Waals surface area contributed by atoms with E-state index in [1.165, 1.54) is 19.3 Å². The van der Waals surface area contributed by atoms with E-state index in [1.807, 2.05) is 0 Å². The van der Waals surface area contributed by atoms with Crippen LogP contribution >= 0.6 is 0 Å². The van der Waals surface area contributed by atoms with Gasteiger partial charge in [0.2, 0.25) is 0 Å². The van der Waals surface area contributed by atoms with E-state index in [0.29, 0.717) is 18.6 Å². The molecule has 0 spiro atoms. The van der Waals surface area contributed by atoms with Gasteiger partial charge in [-0.05, 0) is 12.3 Å². The molecule has 0 radical (unpaired) electrons. The Labute approximate surface area is 82.0 Å². The minimum absolute atomic E-state index is 0.307. The fourth-order valence-electron chi connectivity index (χ4n) is 1.66. The lowest BCUT2D eigenvalue weighted by atomic mass is 9.92. The number of ether oxygens (including phenoxy) is 1. The van der Waals surface area contributed by atoms with Crippen LogP contribution in [0.2, 0.25) is 0 Å². The Kier molecular flexibility index (Phi) is 8.40. The summed E-state index contributed by atoms with van der Waals surface area (Å²) in [7, 11) is 1.72. The van der Waals surface area contributed by atoms with Crippen LogP contribution < -0.4 is 11.3 Å². The second kappa shape index (κ2) is 8.48. The van der Waals surface area contributed by atoms with Gasteiger partial charge < -0.3 is 4.74 Å². The first kappa shape index (κ1) is 12.9. The number of methoxy groups -OCH3 is 1. The smallest absolute Gasteiger partial charge is 0.0632 e. The first-order valence-corrected chi connectivity index (χ1v) is 5.25.